The summed E-state index contributed by atoms with van der Waals surface area (Å²) >= 11 is 0. The van der Waals surface area contributed by atoms with Crippen LogP contribution in [0.3, 0.4) is 0 Å². The first-order valence-corrected chi connectivity index (χ1v) is 5.25. The SMILES string of the molecule is O=C(O)N1CC[C@H]2CCCC[C@@H]2C1. The van der Waals surface area contributed by atoms with E-state index in [2.05, 4.69) is 0 Å². The highest BCUT2D eigenvalue weighted by molar-refractivity contribution is 5.65. The summed E-state index contributed by atoms with van der Waals surface area (Å²) in [4.78, 5) is 12.3. The van der Waals surface area contributed by atoms with Crippen LogP contribution in [0.25, 0.3) is 0 Å². The zero-order chi connectivity index (χ0) is 9.26. The minimum Gasteiger partial charge on any atom is -0.465 e. The van der Waals surface area contributed by atoms with Crippen LogP contribution in [-0.4, -0.2) is 29.2 Å². The molecule has 2 atom stereocenters. The largest absolute Gasteiger partial charge is 0.465 e. The Kier molecular flexibility index (Phi) is 2.42. The standard InChI is InChI=1S/C10H17NO2/c12-10(13)11-6-5-8-3-1-2-4-9(8)7-11/h8-9H,1-7H2,(H,12,13)/t8-,9-/m1/s1. The maximum atomic E-state index is 10.8. The zero-order valence-electron chi connectivity index (χ0n) is 7.91. The summed E-state index contributed by atoms with van der Waals surface area (Å²) < 4.78 is 0. The van der Waals surface area contributed by atoms with Crippen LogP contribution in [0.5, 0.6) is 0 Å². The Hall–Kier alpha value is -0.730. The first kappa shape index (κ1) is 8.85. The second-order valence-electron chi connectivity index (χ2n) is 4.32. The number of nitrogens with zero attached hydrogens (tertiary/aromatic N) is 1. The molecule has 1 heterocycles. The lowest BCUT2D eigenvalue weighted by atomic mass is 9.75. The fourth-order valence-electron chi connectivity index (χ4n) is 2.77. The molecular formula is C10H17NO2. The van der Waals surface area contributed by atoms with Gasteiger partial charge in [-0.15, -0.1) is 0 Å². The minimum atomic E-state index is -0.732. The molecule has 0 spiro atoms. The van der Waals surface area contributed by atoms with Gasteiger partial charge in [0.1, 0.15) is 0 Å². The van der Waals surface area contributed by atoms with Gasteiger partial charge in [0.2, 0.25) is 0 Å². The van der Waals surface area contributed by atoms with E-state index in [1.54, 1.807) is 4.90 Å². The first-order valence-electron chi connectivity index (χ1n) is 5.25. The number of hydrogen-bond acceptors (Lipinski definition) is 1. The molecule has 2 aliphatic rings. The molecule has 2 rings (SSSR count). The molecule has 3 nitrogen and oxygen atoms in total. The van der Waals surface area contributed by atoms with E-state index in [0.29, 0.717) is 5.92 Å². The number of likely N-dealkylation sites (tertiary alicyclic amines) is 1. The number of fused-ring (bicyclic) bond motifs is 1. The molecule has 74 valence electrons. The molecule has 0 unspecified atom stereocenters. The molecule has 0 bridgehead atoms. The highest BCUT2D eigenvalue weighted by atomic mass is 16.4. The lowest BCUT2D eigenvalue weighted by molar-refractivity contribution is 0.0775. The van der Waals surface area contributed by atoms with E-state index in [-0.39, 0.29) is 0 Å². The van der Waals surface area contributed by atoms with Gasteiger partial charge in [-0.25, -0.2) is 4.79 Å². The lowest BCUT2D eigenvalue weighted by Gasteiger charge is -2.40. The van der Waals surface area contributed by atoms with Crippen molar-refractivity contribution in [1.29, 1.82) is 0 Å². The predicted molar refractivity (Wildman–Crippen MR) is 49.7 cm³/mol. The van der Waals surface area contributed by atoms with Crippen molar-refractivity contribution in [2.75, 3.05) is 13.1 Å². The summed E-state index contributed by atoms with van der Waals surface area (Å²) in [5.41, 5.74) is 0. The summed E-state index contributed by atoms with van der Waals surface area (Å²) in [5, 5.41) is 8.85. The third-order valence-electron chi connectivity index (χ3n) is 3.56. The maximum absolute atomic E-state index is 10.8. The van der Waals surface area contributed by atoms with Crippen molar-refractivity contribution in [2.45, 2.75) is 32.1 Å². The van der Waals surface area contributed by atoms with Crippen LogP contribution in [0.1, 0.15) is 32.1 Å². The van der Waals surface area contributed by atoms with E-state index in [0.717, 1.165) is 25.4 Å². The second-order valence-corrected chi connectivity index (χ2v) is 4.32. The van der Waals surface area contributed by atoms with Gasteiger partial charge in [-0.05, 0) is 24.7 Å². The van der Waals surface area contributed by atoms with Crippen LogP contribution in [0.4, 0.5) is 4.79 Å². The maximum Gasteiger partial charge on any atom is 0.407 e. The topological polar surface area (TPSA) is 40.5 Å². The van der Waals surface area contributed by atoms with Gasteiger partial charge >= 0.3 is 6.09 Å². The number of rotatable bonds is 0. The van der Waals surface area contributed by atoms with E-state index < -0.39 is 6.09 Å². The average Bonchev–Trinajstić information content (AvgIpc) is 2.17. The molecule has 13 heavy (non-hydrogen) atoms. The van der Waals surface area contributed by atoms with Gasteiger partial charge in [-0.1, -0.05) is 19.3 Å². The van der Waals surface area contributed by atoms with Gasteiger partial charge in [-0.3, -0.25) is 0 Å². The minimum absolute atomic E-state index is 0.665. The number of amides is 1. The Morgan fingerprint density at radius 3 is 2.54 bits per heavy atom. The summed E-state index contributed by atoms with van der Waals surface area (Å²) in [6.07, 6.45) is 5.59. The molecule has 1 saturated heterocycles. The fraction of sp³-hybridized carbons (Fsp3) is 0.900. The highest BCUT2D eigenvalue weighted by Gasteiger charge is 2.32. The van der Waals surface area contributed by atoms with Crippen LogP contribution in [0, 0.1) is 11.8 Å². The monoisotopic (exact) mass is 183 g/mol. The predicted octanol–water partition coefficient (Wildman–Crippen LogP) is 2.18. The molecule has 3 heteroatoms. The molecule has 2 fully saturated rings. The van der Waals surface area contributed by atoms with E-state index in [1.807, 2.05) is 0 Å². The number of hydrogen-bond donors (Lipinski definition) is 1. The Labute approximate surface area is 78.7 Å². The van der Waals surface area contributed by atoms with Gasteiger partial charge in [0.15, 0.2) is 0 Å². The average molecular weight is 183 g/mol. The number of carbonyl (C=O) groups is 1. The molecular weight excluding hydrogens is 166 g/mol. The number of carboxylic acid groups (broad SMARTS) is 1. The molecule has 1 aliphatic carbocycles. The van der Waals surface area contributed by atoms with Crippen molar-refractivity contribution in [2.24, 2.45) is 11.8 Å². The Morgan fingerprint density at radius 2 is 1.85 bits per heavy atom. The Balaban J connectivity index is 1.95. The molecule has 0 aromatic carbocycles. The van der Waals surface area contributed by atoms with Gasteiger partial charge < -0.3 is 10.0 Å². The van der Waals surface area contributed by atoms with Crippen molar-refractivity contribution in [3.8, 4) is 0 Å². The lowest BCUT2D eigenvalue weighted by Crippen LogP contribution is -2.44. The smallest absolute Gasteiger partial charge is 0.407 e. The normalized spacial score (nSPS) is 34.0. The summed E-state index contributed by atoms with van der Waals surface area (Å²) in [5.74, 6) is 1.49. The van der Waals surface area contributed by atoms with Crippen LogP contribution >= 0.6 is 0 Å². The van der Waals surface area contributed by atoms with E-state index in [4.69, 9.17) is 5.11 Å². The quantitative estimate of drug-likeness (QED) is 0.625. The highest BCUT2D eigenvalue weighted by Crippen LogP contribution is 2.35. The third-order valence-corrected chi connectivity index (χ3v) is 3.56. The molecule has 0 aromatic rings. The Bertz CT molecular complexity index is 205. The summed E-state index contributed by atoms with van der Waals surface area (Å²) in [6.45, 7) is 1.55. The van der Waals surface area contributed by atoms with Crippen molar-refractivity contribution in [3.63, 3.8) is 0 Å². The molecule has 0 radical (unpaired) electrons. The van der Waals surface area contributed by atoms with Crippen LogP contribution in [0.15, 0.2) is 0 Å². The van der Waals surface area contributed by atoms with Crippen LogP contribution in [0.2, 0.25) is 0 Å². The van der Waals surface area contributed by atoms with E-state index in [1.165, 1.54) is 25.7 Å². The molecule has 0 aromatic heterocycles. The summed E-state index contributed by atoms with van der Waals surface area (Å²) in [6, 6.07) is 0. The Morgan fingerprint density at radius 1 is 1.15 bits per heavy atom. The van der Waals surface area contributed by atoms with Crippen molar-refractivity contribution in [3.05, 3.63) is 0 Å². The van der Waals surface area contributed by atoms with Gasteiger partial charge in [-0.2, -0.15) is 0 Å². The summed E-state index contributed by atoms with van der Waals surface area (Å²) in [7, 11) is 0. The second kappa shape index (κ2) is 3.56. The molecule has 1 N–H and O–H groups in total. The molecule has 1 aliphatic heterocycles. The first-order chi connectivity index (χ1) is 6.27. The van der Waals surface area contributed by atoms with Crippen molar-refractivity contribution < 1.29 is 9.90 Å². The van der Waals surface area contributed by atoms with Crippen molar-refractivity contribution in [1.82, 2.24) is 4.90 Å². The van der Waals surface area contributed by atoms with Crippen LogP contribution < -0.4 is 0 Å². The van der Waals surface area contributed by atoms with Gasteiger partial charge in [0.25, 0.3) is 0 Å². The van der Waals surface area contributed by atoms with Gasteiger partial charge in [0, 0.05) is 13.1 Å². The van der Waals surface area contributed by atoms with Crippen LogP contribution in [-0.2, 0) is 0 Å². The van der Waals surface area contributed by atoms with E-state index >= 15 is 0 Å². The van der Waals surface area contributed by atoms with E-state index in [9.17, 15) is 4.79 Å². The molecule has 1 saturated carbocycles. The zero-order valence-corrected chi connectivity index (χ0v) is 7.91. The fourth-order valence-corrected chi connectivity index (χ4v) is 2.77. The van der Waals surface area contributed by atoms with Gasteiger partial charge in [0.05, 0.1) is 0 Å². The number of piperidine rings is 1. The third kappa shape index (κ3) is 1.79. The molecule has 1 amide bonds. The van der Waals surface area contributed by atoms with Crippen molar-refractivity contribution >= 4 is 6.09 Å².